The Labute approximate surface area is 135 Å². The SMILES string of the molecule is CC1C=C(Nc2cc([N+](=O)[O-])ccc2Cl)[C@@H]2C[C@H](C)CC[C@@H]12. The number of nitro groups is 1. The highest BCUT2D eigenvalue weighted by atomic mass is 35.5. The lowest BCUT2D eigenvalue weighted by atomic mass is 9.73. The minimum atomic E-state index is -0.390. The van der Waals surface area contributed by atoms with Crippen LogP contribution in [0.4, 0.5) is 11.4 Å². The van der Waals surface area contributed by atoms with Crippen LogP contribution in [0.5, 0.6) is 0 Å². The molecule has 4 nitrogen and oxygen atoms in total. The second kappa shape index (κ2) is 5.92. The summed E-state index contributed by atoms with van der Waals surface area (Å²) in [6.45, 7) is 4.56. The van der Waals surface area contributed by atoms with Crippen molar-refractivity contribution in [3.05, 3.63) is 45.1 Å². The van der Waals surface area contributed by atoms with Gasteiger partial charge in [-0.05, 0) is 36.7 Å². The molecule has 0 aromatic heterocycles. The number of hydrogen-bond acceptors (Lipinski definition) is 3. The highest BCUT2D eigenvalue weighted by Crippen LogP contribution is 2.47. The predicted molar refractivity (Wildman–Crippen MR) is 89.0 cm³/mol. The van der Waals surface area contributed by atoms with Crippen molar-refractivity contribution in [3.8, 4) is 0 Å². The zero-order valence-corrected chi connectivity index (χ0v) is 13.6. The summed E-state index contributed by atoms with van der Waals surface area (Å²) >= 11 is 6.21. The summed E-state index contributed by atoms with van der Waals surface area (Å²) in [5, 5.41) is 14.8. The van der Waals surface area contributed by atoms with Gasteiger partial charge >= 0.3 is 0 Å². The molecule has 0 saturated heterocycles. The summed E-state index contributed by atoms with van der Waals surface area (Å²) in [4.78, 5) is 10.6. The molecule has 0 amide bonds. The fourth-order valence-corrected chi connectivity index (χ4v) is 4.10. The quantitative estimate of drug-likeness (QED) is 0.611. The average molecular weight is 321 g/mol. The Hall–Kier alpha value is -1.55. The number of halogens is 1. The summed E-state index contributed by atoms with van der Waals surface area (Å²) < 4.78 is 0. The second-order valence-corrected chi connectivity index (χ2v) is 7.12. The Morgan fingerprint density at radius 3 is 2.82 bits per heavy atom. The molecule has 1 aromatic rings. The van der Waals surface area contributed by atoms with Crippen LogP contribution in [-0.4, -0.2) is 4.92 Å². The molecular weight excluding hydrogens is 300 g/mol. The zero-order chi connectivity index (χ0) is 15.9. The molecule has 4 atom stereocenters. The van der Waals surface area contributed by atoms with E-state index in [4.69, 9.17) is 11.6 Å². The van der Waals surface area contributed by atoms with Crippen LogP contribution >= 0.6 is 11.6 Å². The van der Waals surface area contributed by atoms with Crippen molar-refractivity contribution in [2.45, 2.75) is 33.1 Å². The summed E-state index contributed by atoms with van der Waals surface area (Å²) in [6.07, 6.45) is 6.02. The minimum absolute atomic E-state index is 0.0621. The van der Waals surface area contributed by atoms with Gasteiger partial charge in [0.2, 0.25) is 0 Å². The third-order valence-corrected chi connectivity index (χ3v) is 5.45. The average Bonchev–Trinajstić information content (AvgIpc) is 2.77. The van der Waals surface area contributed by atoms with E-state index in [0.29, 0.717) is 28.5 Å². The number of non-ortho nitro benzene ring substituents is 1. The van der Waals surface area contributed by atoms with Gasteiger partial charge in [0.25, 0.3) is 5.69 Å². The van der Waals surface area contributed by atoms with Crippen LogP contribution in [0, 0.1) is 33.8 Å². The number of anilines is 1. The Bertz CT molecular complexity index is 629. The van der Waals surface area contributed by atoms with Crippen molar-refractivity contribution in [2.75, 3.05) is 5.32 Å². The van der Waals surface area contributed by atoms with Gasteiger partial charge in [0.1, 0.15) is 0 Å². The fourth-order valence-electron chi connectivity index (χ4n) is 3.93. The normalized spacial score (nSPS) is 30.6. The molecule has 5 heteroatoms. The van der Waals surface area contributed by atoms with E-state index < -0.39 is 4.92 Å². The predicted octanol–water partition coefficient (Wildman–Crippen LogP) is 5.25. The first-order chi connectivity index (χ1) is 10.5. The van der Waals surface area contributed by atoms with Crippen molar-refractivity contribution in [1.29, 1.82) is 0 Å². The molecule has 1 fully saturated rings. The number of nitrogens with zero attached hydrogens (tertiary/aromatic N) is 1. The molecule has 0 heterocycles. The standard InChI is InChI=1S/C17H21ClN2O2/c1-10-3-5-13-11(2)8-16(14(13)7-10)19-17-9-12(20(21)22)4-6-15(17)18/h4,6,8-11,13-14,19H,3,5,7H2,1-2H3/t10-,11?,13+,14-/m1/s1. The molecule has 0 aliphatic heterocycles. The van der Waals surface area contributed by atoms with Crippen LogP contribution in [-0.2, 0) is 0 Å². The fraction of sp³-hybridized carbons (Fsp3) is 0.529. The largest absolute Gasteiger partial charge is 0.358 e. The van der Waals surface area contributed by atoms with Gasteiger partial charge in [0.15, 0.2) is 0 Å². The third kappa shape index (κ3) is 2.84. The van der Waals surface area contributed by atoms with E-state index in [1.54, 1.807) is 6.07 Å². The summed E-state index contributed by atoms with van der Waals surface area (Å²) in [7, 11) is 0. The van der Waals surface area contributed by atoms with Gasteiger partial charge in [-0.25, -0.2) is 0 Å². The van der Waals surface area contributed by atoms with E-state index in [0.717, 1.165) is 5.92 Å². The van der Waals surface area contributed by atoms with E-state index in [2.05, 4.69) is 25.2 Å². The zero-order valence-electron chi connectivity index (χ0n) is 12.9. The van der Waals surface area contributed by atoms with E-state index in [1.807, 2.05) is 0 Å². The van der Waals surface area contributed by atoms with Gasteiger partial charge < -0.3 is 5.32 Å². The Balaban J connectivity index is 1.85. The first-order valence-corrected chi connectivity index (χ1v) is 8.26. The first kappa shape index (κ1) is 15.3. The molecule has 1 unspecified atom stereocenters. The number of benzene rings is 1. The van der Waals surface area contributed by atoms with Gasteiger partial charge in [-0.2, -0.15) is 0 Å². The highest BCUT2D eigenvalue weighted by Gasteiger charge is 2.38. The summed E-state index contributed by atoms with van der Waals surface area (Å²) in [5.41, 5.74) is 1.88. The van der Waals surface area contributed by atoms with E-state index in [-0.39, 0.29) is 5.69 Å². The topological polar surface area (TPSA) is 55.2 Å². The van der Waals surface area contributed by atoms with Crippen LogP contribution in [0.25, 0.3) is 0 Å². The molecule has 22 heavy (non-hydrogen) atoms. The number of fused-ring (bicyclic) bond motifs is 1. The molecule has 2 aliphatic carbocycles. The van der Waals surface area contributed by atoms with Crippen LogP contribution < -0.4 is 5.32 Å². The molecule has 3 rings (SSSR count). The monoisotopic (exact) mass is 320 g/mol. The van der Waals surface area contributed by atoms with E-state index >= 15 is 0 Å². The lowest BCUT2D eigenvalue weighted by Crippen LogP contribution is -2.26. The van der Waals surface area contributed by atoms with Crippen molar-refractivity contribution in [3.63, 3.8) is 0 Å². The van der Waals surface area contributed by atoms with Crippen LogP contribution in [0.3, 0.4) is 0 Å². The number of hydrogen-bond donors (Lipinski definition) is 1. The molecular formula is C17H21ClN2O2. The Morgan fingerprint density at radius 2 is 2.09 bits per heavy atom. The second-order valence-electron chi connectivity index (χ2n) is 6.72. The van der Waals surface area contributed by atoms with E-state index in [9.17, 15) is 10.1 Å². The molecule has 1 aromatic carbocycles. The van der Waals surface area contributed by atoms with Crippen molar-refractivity contribution < 1.29 is 4.92 Å². The molecule has 1 saturated carbocycles. The van der Waals surface area contributed by atoms with Crippen molar-refractivity contribution in [1.82, 2.24) is 0 Å². The molecule has 118 valence electrons. The highest BCUT2D eigenvalue weighted by molar-refractivity contribution is 6.33. The maximum Gasteiger partial charge on any atom is 0.271 e. The molecule has 1 N–H and O–H groups in total. The third-order valence-electron chi connectivity index (χ3n) is 5.12. The molecule has 0 bridgehead atoms. The van der Waals surface area contributed by atoms with Crippen molar-refractivity contribution >= 4 is 23.0 Å². The lowest BCUT2D eigenvalue weighted by molar-refractivity contribution is -0.384. The van der Waals surface area contributed by atoms with Crippen molar-refractivity contribution in [2.24, 2.45) is 23.7 Å². The molecule has 0 spiro atoms. The van der Waals surface area contributed by atoms with Crippen LogP contribution in [0.2, 0.25) is 5.02 Å². The van der Waals surface area contributed by atoms with Gasteiger partial charge in [-0.3, -0.25) is 10.1 Å². The maximum atomic E-state index is 10.9. The summed E-state index contributed by atoms with van der Waals surface area (Å²) in [5.74, 6) is 2.50. The molecule has 2 aliphatic rings. The number of nitrogens with one attached hydrogen (secondary N) is 1. The van der Waals surface area contributed by atoms with Gasteiger partial charge in [-0.1, -0.05) is 37.9 Å². The van der Waals surface area contributed by atoms with E-state index in [1.165, 1.54) is 37.1 Å². The van der Waals surface area contributed by atoms with Gasteiger partial charge in [0.05, 0.1) is 15.6 Å². The molecule has 0 radical (unpaired) electrons. The number of allylic oxidation sites excluding steroid dienone is 2. The Kier molecular flexibility index (Phi) is 4.13. The van der Waals surface area contributed by atoms with Gasteiger partial charge in [-0.15, -0.1) is 0 Å². The summed E-state index contributed by atoms with van der Waals surface area (Å²) in [6, 6.07) is 4.54. The lowest BCUT2D eigenvalue weighted by Gasteiger charge is -2.34. The Morgan fingerprint density at radius 1 is 1.32 bits per heavy atom. The van der Waals surface area contributed by atoms with Crippen LogP contribution in [0.1, 0.15) is 33.1 Å². The number of nitro benzene ring substituents is 1. The minimum Gasteiger partial charge on any atom is -0.358 e. The first-order valence-electron chi connectivity index (χ1n) is 7.88. The smallest absolute Gasteiger partial charge is 0.271 e. The number of rotatable bonds is 3. The van der Waals surface area contributed by atoms with Crippen LogP contribution in [0.15, 0.2) is 30.0 Å². The maximum absolute atomic E-state index is 10.9. The van der Waals surface area contributed by atoms with Gasteiger partial charge in [0, 0.05) is 23.7 Å².